The molecule has 0 saturated carbocycles. The summed E-state index contributed by atoms with van der Waals surface area (Å²) in [7, 11) is 0. The molecule has 34 heavy (non-hydrogen) atoms. The van der Waals surface area contributed by atoms with Gasteiger partial charge >= 0.3 is 0 Å². The summed E-state index contributed by atoms with van der Waals surface area (Å²) in [5.74, 6) is 1.55. The van der Waals surface area contributed by atoms with Gasteiger partial charge in [-0.05, 0) is 42.8 Å². The molecule has 0 unspecified atom stereocenters. The Kier molecular flexibility index (Phi) is 6.15. The normalized spacial score (nSPS) is 14.1. The van der Waals surface area contributed by atoms with E-state index in [0.29, 0.717) is 43.9 Å². The number of piperazine rings is 1. The van der Waals surface area contributed by atoms with Crippen LogP contribution in [-0.4, -0.2) is 68.6 Å². The summed E-state index contributed by atoms with van der Waals surface area (Å²) in [6.07, 6.45) is 5.02. The molecular formula is C25H25N7O2. The van der Waals surface area contributed by atoms with Crippen LogP contribution in [-0.2, 0) is 4.79 Å². The van der Waals surface area contributed by atoms with E-state index in [1.807, 2.05) is 72.5 Å². The van der Waals surface area contributed by atoms with E-state index >= 15 is 0 Å². The molecule has 1 fully saturated rings. The molecule has 172 valence electrons. The first kappa shape index (κ1) is 21.6. The summed E-state index contributed by atoms with van der Waals surface area (Å²) in [5.41, 5.74) is 3.13. The molecule has 0 bridgehead atoms. The van der Waals surface area contributed by atoms with Crippen LogP contribution in [0.2, 0.25) is 0 Å². The van der Waals surface area contributed by atoms with Gasteiger partial charge in [0.25, 0.3) is 0 Å². The number of hydrogen-bond donors (Lipinski definition) is 0. The van der Waals surface area contributed by atoms with Gasteiger partial charge in [0.15, 0.2) is 17.0 Å². The Morgan fingerprint density at radius 2 is 1.76 bits per heavy atom. The van der Waals surface area contributed by atoms with Crippen molar-refractivity contribution in [3.63, 3.8) is 0 Å². The fourth-order valence-corrected chi connectivity index (χ4v) is 3.97. The second kappa shape index (κ2) is 9.70. The van der Waals surface area contributed by atoms with Gasteiger partial charge in [-0.1, -0.05) is 35.5 Å². The third-order valence-electron chi connectivity index (χ3n) is 5.72. The number of hydrogen-bond acceptors (Lipinski definition) is 7. The fraction of sp³-hybridized carbons (Fsp3) is 0.240. The molecule has 0 atom stereocenters. The molecule has 2 aromatic carbocycles. The van der Waals surface area contributed by atoms with Crippen molar-refractivity contribution in [2.75, 3.05) is 37.7 Å². The third kappa shape index (κ3) is 4.45. The van der Waals surface area contributed by atoms with Gasteiger partial charge in [0, 0.05) is 32.3 Å². The largest absolute Gasteiger partial charge is 0.494 e. The summed E-state index contributed by atoms with van der Waals surface area (Å²) in [6.45, 7) is 5.10. The van der Waals surface area contributed by atoms with E-state index < -0.39 is 0 Å². The number of benzene rings is 2. The van der Waals surface area contributed by atoms with Crippen LogP contribution in [0.15, 0.2) is 67.0 Å². The Hall–Kier alpha value is -4.27. The second-order valence-electron chi connectivity index (χ2n) is 7.85. The number of carbonyl (C=O) groups excluding carboxylic acids is 1. The molecule has 4 aromatic rings. The Labute approximate surface area is 197 Å². The summed E-state index contributed by atoms with van der Waals surface area (Å²) in [5, 5.41) is 8.69. The monoisotopic (exact) mass is 455 g/mol. The van der Waals surface area contributed by atoms with Crippen LogP contribution in [0.3, 0.4) is 0 Å². The van der Waals surface area contributed by atoms with Gasteiger partial charge in [0.1, 0.15) is 12.1 Å². The zero-order valence-corrected chi connectivity index (χ0v) is 18.9. The molecule has 9 nitrogen and oxygen atoms in total. The number of anilines is 1. The van der Waals surface area contributed by atoms with Gasteiger partial charge in [0.05, 0.1) is 12.3 Å². The maximum absolute atomic E-state index is 12.6. The van der Waals surface area contributed by atoms with E-state index in [1.54, 1.807) is 10.8 Å². The summed E-state index contributed by atoms with van der Waals surface area (Å²) < 4.78 is 7.22. The number of rotatable bonds is 6. The van der Waals surface area contributed by atoms with Crippen LogP contribution in [0.5, 0.6) is 5.75 Å². The van der Waals surface area contributed by atoms with Crippen LogP contribution < -0.4 is 9.64 Å². The van der Waals surface area contributed by atoms with Crippen LogP contribution >= 0.6 is 0 Å². The highest BCUT2D eigenvalue weighted by molar-refractivity contribution is 5.92. The number of nitrogens with zero attached hydrogens (tertiary/aromatic N) is 7. The highest BCUT2D eigenvalue weighted by Crippen LogP contribution is 2.24. The summed E-state index contributed by atoms with van der Waals surface area (Å²) >= 11 is 0. The van der Waals surface area contributed by atoms with E-state index in [0.717, 1.165) is 22.8 Å². The number of fused-ring (bicyclic) bond motifs is 1. The number of ether oxygens (including phenoxy) is 1. The average molecular weight is 456 g/mol. The zero-order chi connectivity index (χ0) is 23.3. The van der Waals surface area contributed by atoms with Crippen molar-refractivity contribution in [1.29, 1.82) is 0 Å². The number of amides is 1. The van der Waals surface area contributed by atoms with Crippen molar-refractivity contribution in [3.8, 4) is 11.4 Å². The molecule has 5 rings (SSSR count). The molecule has 3 heterocycles. The maximum Gasteiger partial charge on any atom is 0.246 e. The lowest BCUT2D eigenvalue weighted by Gasteiger charge is -2.34. The van der Waals surface area contributed by atoms with E-state index in [2.05, 4.69) is 25.2 Å². The minimum atomic E-state index is 0.0118. The predicted octanol–water partition coefficient (Wildman–Crippen LogP) is 2.97. The lowest BCUT2D eigenvalue weighted by Crippen LogP contribution is -2.48. The van der Waals surface area contributed by atoms with E-state index in [-0.39, 0.29) is 5.91 Å². The van der Waals surface area contributed by atoms with E-state index in [4.69, 9.17) is 4.74 Å². The van der Waals surface area contributed by atoms with Gasteiger partial charge in [-0.15, -0.1) is 5.10 Å². The third-order valence-corrected chi connectivity index (χ3v) is 5.72. The quantitative estimate of drug-likeness (QED) is 0.413. The Bertz CT molecular complexity index is 1290. The highest BCUT2D eigenvalue weighted by atomic mass is 16.5. The smallest absolute Gasteiger partial charge is 0.246 e. The van der Waals surface area contributed by atoms with Crippen LogP contribution in [0.4, 0.5) is 5.82 Å². The van der Waals surface area contributed by atoms with Crippen molar-refractivity contribution < 1.29 is 9.53 Å². The zero-order valence-electron chi connectivity index (χ0n) is 18.9. The van der Waals surface area contributed by atoms with Crippen molar-refractivity contribution in [1.82, 2.24) is 29.9 Å². The molecule has 0 spiro atoms. The predicted molar refractivity (Wildman–Crippen MR) is 130 cm³/mol. The lowest BCUT2D eigenvalue weighted by atomic mass is 10.2. The first-order valence-corrected chi connectivity index (χ1v) is 11.3. The molecule has 1 amide bonds. The Morgan fingerprint density at radius 3 is 2.50 bits per heavy atom. The van der Waals surface area contributed by atoms with Crippen LogP contribution in [0.1, 0.15) is 12.5 Å². The van der Waals surface area contributed by atoms with Crippen molar-refractivity contribution in [2.45, 2.75) is 6.92 Å². The lowest BCUT2D eigenvalue weighted by molar-refractivity contribution is -0.126. The number of aromatic nitrogens is 5. The molecular weight excluding hydrogens is 430 g/mol. The molecule has 0 radical (unpaired) electrons. The van der Waals surface area contributed by atoms with Crippen LogP contribution in [0, 0.1) is 0 Å². The molecule has 0 N–H and O–H groups in total. The molecule has 1 aliphatic heterocycles. The van der Waals surface area contributed by atoms with Crippen molar-refractivity contribution >= 4 is 29.0 Å². The van der Waals surface area contributed by atoms with Gasteiger partial charge in [-0.3, -0.25) is 4.79 Å². The van der Waals surface area contributed by atoms with Crippen molar-refractivity contribution in [3.05, 3.63) is 72.6 Å². The maximum atomic E-state index is 12.6. The fourth-order valence-electron chi connectivity index (χ4n) is 3.97. The topological polar surface area (TPSA) is 89.3 Å². The Morgan fingerprint density at radius 1 is 1.00 bits per heavy atom. The first-order chi connectivity index (χ1) is 16.7. The Balaban J connectivity index is 1.29. The standard InChI is InChI=1S/C25H25N7O2/c1-2-34-21-11-9-20(10-12-21)32-25-23(28-29-32)24(26-18-27-25)31-16-14-30(15-17-31)22(33)13-8-19-6-4-3-5-7-19/h3-13,18H,2,14-17H2,1H3/b13-8-. The minimum absolute atomic E-state index is 0.0118. The molecule has 9 heteroatoms. The average Bonchev–Trinajstić information content (AvgIpc) is 3.33. The van der Waals surface area contributed by atoms with Crippen molar-refractivity contribution in [2.24, 2.45) is 0 Å². The SMILES string of the molecule is CCOc1ccc(-n2nnc3c(N4CCN(C(=O)/C=C\c5ccccc5)CC4)ncnc32)cc1. The van der Waals surface area contributed by atoms with E-state index in [9.17, 15) is 4.79 Å². The first-order valence-electron chi connectivity index (χ1n) is 11.3. The van der Waals surface area contributed by atoms with Crippen LogP contribution in [0.25, 0.3) is 22.9 Å². The van der Waals surface area contributed by atoms with Gasteiger partial charge in [-0.25, -0.2) is 9.97 Å². The van der Waals surface area contributed by atoms with Gasteiger partial charge in [-0.2, -0.15) is 4.68 Å². The number of carbonyl (C=O) groups is 1. The van der Waals surface area contributed by atoms with E-state index in [1.165, 1.54) is 6.33 Å². The molecule has 0 aliphatic carbocycles. The summed E-state index contributed by atoms with van der Waals surface area (Å²) in [4.78, 5) is 25.5. The summed E-state index contributed by atoms with van der Waals surface area (Å²) in [6, 6.07) is 17.5. The molecule has 2 aromatic heterocycles. The molecule has 1 saturated heterocycles. The minimum Gasteiger partial charge on any atom is -0.494 e. The van der Waals surface area contributed by atoms with Gasteiger partial charge < -0.3 is 14.5 Å². The highest BCUT2D eigenvalue weighted by Gasteiger charge is 2.24. The van der Waals surface area contributed by atoms with Gasteiger partial charge in [0.2, 0.25) is 5.91 Å². The second-order valence-corrected chi connectivity index (χ2v) is 7.85. The molecule has 1 aliphatic rings.